The summed E-state index contributed by atoms with van der Waals surface area (Å²) in [5, 5.41) is 11.6. The van der Waals surface area contributed by atoms with E-state index < -0.39 is 11.8 Å². The van der Waals surface area contributed by atoms with Gasteiger partial charge in [0.15, 0.2) is 0 Å². The summed E-state index contributed by atoms with van der Waals surface area (Å²) in [5.74, 6) is -1.20. The predicted molar refractivity (Wildman–Crippen MR) is 117 cm³/mol. The number of anilines is 1. The van der Waals surface area contributed by atoms with Gasteiger partial charge in [-0.05, 0) is 55.4 Å². The van der Waals surface area contributed by atoms with Crippen molar-refractivity contribution in [3.8, 4) is 11.1 Å². The third-order valence-corrected chi connectivity index (χ3v) is 7.36. The van der Waals surface area contributed by atoms with E-state index in [9.17, 15) is 14.8 Å². The van der Waals surface area contributed by atoms with E-state index in [1.807, 2.05) is 30.4 Å². The topological polar surface area (TPSA) is 70.5 Å². The number of aryl methyl sites for hydroxylation is 1. The number of carbonyl (C=O) groups excluding carboxylic acids is 2. The van der Waals surface area contributed by atoms with Gasteiger partial charge in [0.1, 0.15) is 5.78 Å². The van der Waals surface area contributed by atoms with Crippen molar-refractivity contribution in [3.63, 3.8) is 0 Å². The minimum Gasteiger partial charge on any atom is -0.300 e. The molecule has 5 nitrogen and oxygen atoms in total. The van der Waals surface area contributed by atoms with Gasteiger partial charge in [-0.1, -0.05) is 59.4 Å². The van der Waals surface area contributed by atoms with Crippen LogP contribution < -0.4 is 5.06 Å². The molecule has 5 rings (SSSR count). The van der Waals surface area contributed by atoms with Gasteiger partial charge in [0.2, 0.25) is 5.13 Å². The number of amides is 1. The van der Waals surface area contributed by atoms with E-state index in [1.165, 1.54) is 23.8 Å². The minimum atomic E-state index is -0.516. The molecule has 2 bridgehead atoms. The van der Waals surface area contributed by atoms with Gasteiger partial charge in [0.05, 0.1) is 16.1 Å². The molecule has 0 aliphatic heterocycles. The summed E-state index contributed by atoms with van der Waals surface area (Å²) >= 11 is 1.28. The summed E-state index contributed by atoms with van der Waals surface area (Å²) in [5.41, 5.74) is 4.10. The molecular weight excluding hydrogens is 396 g/mol. The number of hydrogen-bond donors (Lipinski definition) is 1. The maximum absolute atomic E-state index is 13.1. The molecule has 4 atom stereocenters. The summed E-state index contributed by atoms with van der Waals surface area (Å²) in [7, 11) is 0. The monoisotopic (exact) mass is 418 g/mol. The second-order valence-electron chi connectivity index (χ2n) is 8.31. The Morgan fingerprint density at radius 3 is 2.40 bits per heavy atom. The molecule has 1 saturated carbocycles. The molecule has 2 unspecified atom stereocenters. The zero-order chi connectivity index (χ0) is 21.0. The van der Waals surface area contributed by atoms with Crippen LogP contribution in [0, 0.1) is 30.6 Å². The average Bonchev–Trinajstić information content (AvgIpc) is 3.46. The number of thiazole rings is 1. The lowest BCUT2D eigenvalue weighted by Crippen LogP contribution is -2.41. The molecule has 1 fully saturated rings. The Bertz CT molecular complexity index is 1180. The number of rotatable bonds is 4. The number of ketones is 1. The van der Waals surface area contributed by atoms with E-state index in [0.29, 0.717) is 5.06 Å². The quantitative estimate of drug-likeness (QED) is 0.367. The standard InChI is InChI=1S/C24H22N2O3S/c1-13-3-5-15(6-4-13)16-9-10-19-20(12-16)30-24(25-19)26(29)23(28)22-18-8-7-17(11-18)21(22)14(2)27/h3-10,12,17-18,21-22,29H,11H2,1-2H3/t17?,18?,21-,22+/m0/s1. The van der Waals surface area contributed by atoms with Crippen LogP contribution in [0.25, 0.3) is 21.3 Å². The van der Waals surface area contributed by atoms with Gasteiger partial charge in [-0.25, -0.2) is 4.98 Å². The molecule has 1 heterocycles. The van der Waals surface area contributed by atoms with Crippen LogP contribution in [0.1, 0.15) is 18.9 Å². The first-order valence-electron chi connectivity index (χ1n) is 10.1. The van der Waals surface area contributed by atoms with Crippen molar-refractivity contribution in [2.24, 2.45) is 23.7 Å². The molecule has 3 aromatic rings. The lowest BCUT2D eigenvalue weighted by molar-refractivity contribution is -0.134. The summed E-state index contributed by atoms with van der Waals surface area (Å²) < 4.78 is 0.894. The molecule has 0 radical (unpaired) electrons. The Morgan fingerprint density at radius 2 is 1.70 bits per heavy atom. The Hall–Kier alpha value is -2.83. The van der Waals surface area contributed by atoms with E-state index in [4.69, 9.17) is 0 Å². The zero-order valence-corrected chi connectivity index (χ0v) is 17.6. The van der Waals surface area contributed by atoms with Crippen LogP contribution in [-0.4, -0.2) is 21.9 Å². The van der Waals surface area contributed by atoms with Gasteiger partial charge >= 0.3 is 0 Å². The summed E-state index contributed by atoms with van der Waals surface area (Å²) in [4.78, 5) is 29.7. The maximum atomic E-state index is 13.1. The fourth-order valence-corrected chi connectivity index (χ4v) is 5.80. The van der Waals surface area contributed by atoms with Crippen molar-refractivity contribution in [2.75, 3.05) is 5.06 Å². The summed E-state index contributed by atoms with van der Waals surface area (Å²) in [6.45, 7) is 3.59. The van der Waals surface area contributed by atoms with Crippen molar-refractivity contribution in [3.05, 3.63) is 60.2 Å². The number of nitrogens with zero attached hydrogens (tertiary/aromatic N) is 2. The normalized spacial score (nSPS) is 24.5. The highest BCUT2D eigenvalue weighted by atomic mass is 32.1. The van der Waals surface area contributed by atoms with Gasteiger partial charge in [-0.2, -0.15) is 5.06 Å². The molecule has 2 aliphatic carbocycles. The molecule has 30 heavy (non-hydrogen) atoms. The number of aromatic nitrogens is 1. The van der Waals surface area contributed by atoms with E-state index in [-0.39, 0.29) is 28.7 Å². The number of hydrogen-bond acceptors (Lipinski definition) is 5. The van der Waals surface area contributed by atoms with E-state index in [1.54, 1.807) is 0 Å². The second-order valence-corrected chi connectivity index (χ2v) is 9.31. The Kier molecular flexibility index (Phi) is 4.56. The number of hydroxylamine groups is 1. The molecule has 152 valence electrons. The zero-order valence-electron chi connectivity index (χ0n) is 16.8. The van der Waals surface area contributed by atoms with Crippen LogP contribution in [0.15, 0.2) is 54.6 Å². The molecule has 6 heteroatoms. The summed E-state index contributed by atoms with van der Waals surface area (Å²) in [6.07, 6.45) is 4.84. The Labute approximate surface area is 178 Å². The van der Waals surface area contributed by atoms with Crippen LogP contribution in [0.5, 0.6) is 0 Å². The fourth-order valence-electron chi connectivity index (χ4n) is 4.88. The third kappa shape index (κ3) is 3.07. The smallest absolute Gasteiger partial charge is 0.257 e. The van der Waals surface area contributed by atoms with E-state index in [2.05, 4.69) is 36.2 Å². The predicted octanol–water partition coefficient (Wildman–Crippen LogP) is 5.02. The van der Waals surface area contributed by atoms with Crippen LogP contribution in [0.3, 0.4) is 0 Å². The van der Waals surface area contributed by atoms with Crippen molar-refractivity contribution in [2.45, 2.75) is 20.3 Å². The van der Waals surface area contributed by atoms with Crippen LogP contribution >= 0.6 is 11.3 Å². The molecule has 1 aromatic heterocycles. The first-order valence-corrected chi connectivity index (χ1v) is 10.9. The van der Waals surface area contributed by atoms with E-state index >= 15 is 0 Å². The number of benzene rings is 2. The Morgan fingerprint density at radius 1 is 1.03 bits per heavy atom. The highest BCUT2D eigenvalue weighted by Gasteiger charge is 2.51. The number of carbonyl (C=O) groups is 2. The van der Waals surface area contributed by atoms with Crippen molar-refractivity contribution >= 4 is 38.4 Å². The third-order valence-electron chi connectivity index (χ3n) is 6.37. The maximum Gasteiger partial charge on any atom is 0.257 e. The number of fused-ring (bicyclic) bond motifs is 3. The van der Waals surface area contributed by atoms with Gasteiger partial charge < -0.3 is 0 Å². The van der Waals surface area contributed by atoms with Crippen molar-refractivity contribution < 1.29 is 14.8 Å². The van der Waals surface area contributed by atoms with Crippen LogP contribution in [0.2, 0.25) is 0 Å². The molecule has 0 saturated heterocycles. The minimum absolute atomic E-state index is 0.00522. The van der Waals surface area contributed by atoms with Gasteiger partial charge in [-0.3, -0.25) is 14.8 Å². The first kappa shape index (κ1) is 19.2. The Balaban J connectivity index is 1.44. The first-order chi connectivity index (χ1) is 14.4. The molecule has 0 spiro atoms. The molecule has 1 N–H and O–H groups in total. The lowest BCUT2D eigenvalue weighted by atomic mass is 9.80. The molecular formula is C24H22N2O3S. The lowest BCUT2D eigenvalue weighted by Gasteiger charge is -2.27. The van der Waals surface area contributed by atoms with Crippen molar-refractivity contribution in [1.29, 1.82) is 0 Å². The largest absolute Gasteiger partial charge is 0.300 e. The highest BCUT2D eigenvalue weighted by molar-refractivity contribution is 7.22. The highest BCUT2D eigenvalue weighted by Crippen LogP contribution is 2.49. The van der Waals surface area contributed by atoms with Gasteiger partial charge in [-0.15, -0.1) is 0 Å². The van der Waals surface area contributed by atoms with Gasteiger partial charge in [0.25, 0.3) is 5.91 Å². The fraction of sp³-hybridized carbons (Fsp3) is 0.292. The van der Waals surface area contributed by atoms with Gasteiger partial charge in [0, 0.05) is 5.92 Å². The SMILES string of the molecule is CC(=O)[C@H]1C2C=CC(C2)[C@H]1C(=O)N(O)c1nc2ccc(-c3ccc(C)cc3)cc2s1. The summed E-state index contributed by atoms with van der Waals surface area (Å²) in [6, 6.07) is 14.2. The molecule has 2 aliphatic rings. The van der Waals surface area contributed by atoms with Crippen LogP contribution in [-0.2, 0) is 9.59 Å². The molecule has 1 amide bonds. The molecule has 2 aromatic carbocycles. The average molecular weight is 419 g/mol. The number of allylic oxidation sites excluding steroid dienone is 2. The van der Waals surface area contributed by atoms with E-state index in [0.717, 1.165) is 27.8 Å². The van der Waals surface area contributed by atoms with Crippen molar-refractivity contribution in [1.82, 2.24) is 4.98 Å². The number of Topliss-reactive ketones (excluding diaryl/α,β-unsaturated/α-hetero) is 1. The second kappa shape index (κ2) is 7.15. The van der Waals surface area contributed by atoms with Crippen LogP contribution in [0.4, 0.5) is 5.13 Å².